The van der Waals surface area contributed by atoms with E-state index in [-0.39, 0.29) is 36.8 Å². The summed E-state index contributed by atoms with van der Waals surface area (Å²) in [5.41, 5.74) is 0.444. The van der Waals surface area contributed by atoms with Crippen LogP contribution in [0, 0.1) is 0 Å². The molecule has 160 valence electrons. The van der Waals surface area contributed by atoms with Crippen LogP contribution in [0.15, 0.2) is 42.5 Å². The Morgan fingerprint density at radius 2 is 1.66 bits per heavy atom. The lowest BCUT2D eigenvalue weighted by molar-refractivity contribution is -0.137. The van der Waals surface area contributed by atoms with Gasteiger partial charge in [-0.3, -0.25) is 4.79 Å². The molecule has 1 saturated heterocycles. The van der Waals surface area contributed by atoms with E-state index in [0.717, 1.165) is 17.7 Å². The normalized spacial score (nSPS) is 16.6. The molecular formula is C19H19Cl4F3N2O. The summed E-state index contributed by atoms with van der Waals surface area (Å²) in [6.45, 7) is 1.69. The lowest BCUT2D eigenvalue weighted by Gasteiger charge is -2.36. The molecule has 0 aliphatic carbocycles. The van der Waals surface area contributed by atoms with Crippen LogP contribution in [0.2, 0.25) is 10.0 Å². The molecule has 3 nitrogen and oxygen atoms in total. The molecule has 1 heterocycles. The topological polar surface area (TPSA) is 32.3 Å². The number of carbonyl (C=O) groups is 1. The SMILES string of the molecule is Cl.Cl.O=C(c1cc(Cl)cc(Cl)c1)N1CCNC[C@H]1Cc1ccc(C(F)(F)F)cc1. The van der Waals surface area contributed by atoms with Gasteiger partial charge >= 0.3 is 6.18 Å². The Morgan fingerprint density at radius 1 is 1.07 bits per heavy atom. The minimum Gasteiger partial charge on any atom is -0.333 e. The monoisotopic (exact) mass is 488 g/mol. The molecule has 1 N–H and O–H groups in total. The van der Waals surface area contributed by atoms with E-state index in [2.05, 4.69) is 5.32 Å². The molecule has 2 aromatic carbocycles. The molecule has 29 heavy (non-hydrogen) atoms. The van der Waals surface area contributed by atoms with Gasteiger partial charge in [0.15, 0.2) is 0 Å². The first-order valence-electron chi connectivity index (χ1n) is 8.38. The summed E-state index contributed by atoms with van der Waals surface area (Å²) in [6, 6.07) is 9.54. The lowest BCUT2D eigenvalue weighted by Crippen LogP contribution is -2.54. The van der Waals surface area contributed by atoms with Crippen molar-refractivity contribution < 1.29 is 18.0 Å². The van der Waals surface area contributed by atoms with Crippen LogP contribution in [-0.2, 0) is 12.6 Å². The molecule has 0 spiro atoms. The number of benzene rings is 2. The van der Waals surface area contributed by atoms with Crippen LogP contribution in [0.3, 0.4) is 0 Å². The maximum Gasteiger partial charge on any atom is 0.416 e. The molecule has 0 saturated carbocycles. The minimum atomic E-state index is -4.36. The summed E-state index contributed by atoms with van der Waals surface area (Å²) < 4.78 is 38.1. The zero-order valence-corrected chi connectivity index (χ0v) is 18.2. The summed E-state index contributed by atoms with van der Waals surface area (Å²) in [7, 11) is 0. The molecule has 2 aromatic rings. The van der Waals surface area contributed by atoms with E-state index in [1.807, 2.05) is 0 Å². The van der Waals surface area contributed by atoms with Crippen LogP contribution in [0.1, 0.15) is 21.5 Å². The summed E-state index contributed by atoms with van der Waals surface area (Å²) >= 11 is 12.0. The second kappa shape index (κ2) is 10.7. The van der Waals surface area contributed by atoms with Crippen LogP contribution in [-0.4, -0.2) is 36.5 Å². The average Bonchev–Trinajstić information content (AvgIpc) is 2.60. The molecule has 1 amide bonds. The lowest BCUT2D eigenvalue weighted by atomic mass is 10.0. The van der Waals surface area contributed by atoms with Gasteiger partial charge in [-0.1, -0.05) is 35.3 Å². The first-order valence-corrected chi connectivity index (χ1v) is 9.13. The van der Waals surface area contributed by atoms with Crippen molar-refractivity contribution in [1.29, 1.82) is 0 Å². The number of nitrogens with one attached hydrogen (secondary N) is 1. The third-order valence-corrected chi connectivity index (χ3v) is 4.91. The number of alkyl halides is 3. The fraction of sp³-hybridized carbons (Fsp3) is 0.316. The Kier molecular flexibility index (Phi) is 9.57. The van der Waals surface area contributed by atoms with Crippen molar-refractivity contribution >= 4 is 53.9 Å². The van der Waals surface area contributed by atoms with E-state index in [9.17, 15) is 18.0 Å². The third-order valence-electron chi connectivity index (χ3n) is 4.47. The zero-order valence-electron chi connectivity index (χ0n) is 15.0. The Bertz CT molecular complexity index is 811. The largest absolute Gasteiger partial charge is 0.416 e. The number of hydrogen-bond donors (Lipinski definition) is 1. The van der Waals surface area contributed by atoms with Gasteiger partial charge in [-0.2, -0.15) is 13.2 Å². The maximum absolute atomic E-state index is 12.9. The summed E-state index contributed by atoms with van der Waals surface area (Å²) in [5.74, 6) is -0.196. The van der Waals surface area contributed by atoms with Crippen LogP contribution in [0.4, 0.5) is 13.2 Å². The van der Waals surface area contributed by atoms with E-state index in [1.54, 1.807) is 23.1 Å². The van der Waals surface area contributed by atoms with E-state index < -0.39 is 11.7 Å². The first-order chi connectivity index (χ1) is 12.7. The average molecular weight is 490 g/mol. The molecule has 0 unspecified atom stereocenters. The molecule has 0 bridgehead atoms. The number of amides is 1. The van der Waals surface area contributed by atoms with Crippen LogP contribution < -0.4 is 5.32 Å². The number of piperazine rings is 1. The number of halogens is 7. The Balaban J connectivity index is 0.00000210. The quantitative estimate of drug-likeness (QED) is 0.616. The number of hydrogen-bond acceptors (Lipinski definition) is 2. The second-order valence-electron chi connectivity index (χ2n) is 6.41. The highest BCUT2D eigenvalue weighted by Gasteiger charge is 2.31. The number of carbonyl (C=O) groups excluding carboxylic acids is 1. The smallest absolute Gasteiger partial charge is 0.333 e. The Hall–Kier alpha value is -1.18. The number of rotatable bonds is 3. The van der Waals surface area contributed by atoms with Crippen molar-refractivity contribution in [3.05, 3.63) is 69.2 Å². The van der Waals surface area contributed by atoms with Crippen LogP contribution >= 0.6 is 48.0 Å². The molecule has 1 fully saturated rings. The number of nitrogens with zero attached hydrogens (tertiary/aromatic N) is 1. The van der Waals surface area contributed by atoms with Crippen molar-refractivity contribution in [2.24, 2.45) is 0 Å². The van der Waals surface area contributed by atoms with E-state index >= 15 is 0 Å². The van der Waals surface area contributed by atoms with Gasteiger partial charge in [-0.25, -0.2) is 0 Å². The first kappa shape index (κ1) is 25.9. The van der Waals surface area contributed by atoms with E-state index in [4.69, 9.17) is 23.2 Å². The van der Waals surface area contributed by atoms with Crippen molar-refractivity contribution in [2.75, 3.05) is 19.6 Å². The Morgan fingerprint density at radius 3 is 2.21 bits per heavy atom. The molecule has 1 atom stereocenters. The predicted molar refractivity (Wildman–Crippen MR) is 114 cm³/mol. The van der Waals surface area contributed by atoms with E-state index in [0.29, 0.717) is 41.7 Å². The fourth-order valence-corrected chi connectivity index (χ4v) is 3.68. The highest BCUT2D eigenvalue weighted by atomic mass is 35.5. The van der Waals surface area contributed by atoms with Gasteiger partial charge in [0.05, 0.1) is 5.56 Å². The van der Waals surface area contributed by atoms with Gasteiger partial charge in [0.1, 0.15) is 0 Å². The van der Waals surface area contributed by atoms with E-state index in [1.165, 1.54) is 12.1 Å². The third kappa shape index (κ3) is 6.66. The van der Waals surface area contributed by atoms with Gasteiger partial charge in [-0.15, -0.1) is 24.8 Å². The van der Waals surface area contributed by atoms with Crippen LogP contribution in [0.25, 0.3) is 0 Å². The highest BCUT2D eigenvalue weighted by molar-refractivity contribution is 6.35. The summed E-state index contributed by atoms with van der Waals surface area (Å²) in [6.07, 6.45) is -3.91. The minimum absolute atomic E-state index is 0. The molecule has 1 aliphatic rings. The van der Waals surface area contributed by atoms with Crippen molar-refractivity contribution in [3.8, 4) is 0 Å². The fourth-order valence-electron chi connectivity index (χ4n) is 3.16. The van der Waals surface area contributed by atoms with Crippen molar-refractivity contribution in [3.63, 3.8) is 0 Å². The van der Waals surface area contributed by atoms with Gasteiger partial charge in [0, 0.05) is 41.3 Å². The molecule has 3 rings (SSSR count). The Labute approximate surface area is 189 Å². The summed E-state index contributed by atoms with van der Waals surface area (Å²) in [4.78, 5) is 14.6. The standard InChI is InChI=1S/C19H17Cl2F3N2O.2ClH/c20-15-8-13(9-16(21)10-15)18(27)26-6-5-25-11-17(26)7-12-1-3-14(4-2-12)19(22,23)24;;/h1-4,8-10,17,25H,5-7,11H2;2*1H/t17-;;/m1../s1. The van der Waals surface area contributed by atoms with Crippen molar-refractivity contribution in [2.45, 2.75) is 18.6 Å². The predicted octanol–water partition coefficient (Wildman–Crippen LogP) is 5.51. The molecule has 10 heteroatoms. The molecule has 1 aliphatic heterocycles. The maximum atomic E-state index is 12.9. The molecule has 0 aromatic heterocycles. The van der Waals surface area contributed by atoms with Gasteiger partial charge in [0.25, 0.3) is 5.91 Å². The second-order valence-corrected chi connectivity index (χ2v) is 7.29. The molecular weight excluding hydrogens is 471 g/mol. The molecule has 0 radical (unpaired) electrons. The van der Waals surface area contributed by atoms with Crippen LogP contribution in [0.5, 0.6) is 0 Å². The van der Waals surface area contributed by atoms with Gasteiger partial charge in [0.2, 0.25) is 0 Å². The highest BCUT2D eigenvalue weighted by Crippen LogP contribution is 2.29. The van der Waals surface area contributed by atoms with Crippen molar-refractivity contribution in [1.82, 2.24) is 10.2 Å². The zero-order chi connectivity index (χ0) is 19.6. The summed E-state index contributed by atoms with van der Waals surface area (Å²) in [5, 5.41) is 3.97. The van der Waals surface area contributed by atoms with Gasteiger partial charge < -0.3 is 10.2 Å². The van der Waals surface area contributed by atoms with Gasteiger partial charge in [-0.05, 0) is 42.3 Å².